The van der Waals surface area contributed by atoms with Crippen LogP contribution in [-0.4, -0.2) is 25.1 Å². The number of hydrogen-bond acceptors (Lipinski definition) is 3. The predicted octanol–water partition coefficient (Wildman–Crippen LogP) is 4.25. The highest BCUT2D eigenvalue weighted by Gasteiger charge is 2.17. The largest absolute Gasteiger partial charge is 0.481 e. The molecule has 0 radical (unpaired) electrons. The van der Waals surface area contributed by atoms with Gasteiger partial charge in [-0.3, -0.25) is 4.79 Å². The molecule has 4 nitrogen and oxygen atoms in total. The third kappa shape index (κ3) is 4.49. The number of hydrogen-bond donors (Lipinski definition) is 1. The van der Waals surface area contributed by atoms with E-state index in [1.54, 1.807) is 0 Å². The zero-order valence-electron chi connectivity index (χ0n) is 16.7. The third-order valence-electron chi connectivity index (χ3n) is 5.88. The molecule has 2 aliphatic rings. The summed E-state index contributed by atoms with van der Waals surface area (Å²) in [6, 6.07) is 14.8. The Morgan fingerprint density at radius 3 is 2.46 bits per heavy atom. The molecule has 1 atom stereocenters. The lowest BCUT2D eigenvalue weighted by Crippen LogP contribution is -2.35. The fourth-order valence-corrected chi connectivity index (χ4v) is 4.17. The maximum atomic E-state index is 12.4. The Morgan fingerprint density at radius 2 is 1.71 bits per heavy atom. The lowest BCUT2D eigenvalue weighted by molar-refractivity contribution is -0.127. The summed E-state index contributed by atoms with van der Waals surface area (Å²) >= 11 is 0. The molecule has 0 saturated carbocycles. The SMILES string of the molecule is C[C@H](Oc1ccc2c(c1)CCCC2)C(=O)NCc1ccc(N2CCCC2)cc1. The topological polar surface area (TPSA) is 41.6 Å². The van der Waals surface area contributed by atoms with Crippen LogP contribution in [0.2, 0.25) is 0 Å². The van der Waals surface area contributed by atoms with Gasteiger partial charge in [-0.2, -0.15) is 0 Å². The van der Waals surface area contributed by atoms with Crippen LogP contribution in [0.5, 0.6) is 5.75 Å². The summed E-state index contributed by atoms with van der Waals surface area (Å²) in [7, 11) is 0. The Balaban J connectivity index is 1.28. The number of benzene rings is 2. The number of ether oxygens (including phenoxy) is 1. The summed E-state index contributed by atoms with van der Waals surface area (Å²) in [5, 5.41) is 2.99. The van der Waals surface area contributed by atoms with Gasteiger partial charge in [0.2, 0.25) is 0 Å². The highest BCUT2D eigenvalue weighted by atomic mass is 16.5. The highest BCUT2D eigenvalue weighted by molar-refractivity contribution is 5.80. The van der Waals surface area contributed by atoms with E-state index < -0.39 is 6.10 Å². The van der Waals surface area contributed by atoms with Crippen molar-refractivity contribution < 1.29 is 9.53 Å². The van der Waals surface area contributed by atoms with Gasteiger partial charge in [-0.05, 0) is 86.4 Å². The van der Waals surface area contributed by atoms with Crippen molar-refractivity contribution >= 4 is 11.6 Å². The number of fused-ring (bicyclic) bond motifs is 1. The minimum Gasteiger partial charge on any atom is -0.481 e. The summed E-state index contributed by atoms with van der Waals surface area (Å²) in [5.41, 5.74) is 5.18. The minimum atomic E-state index is -0.509. The summed E-state index contributed by atoms with van der Waals surface area (Å²) < 4.78 is 5.90. The van der Waals surface area contributed by atoms with E-state index in [9.17, 15) is 4.79 Å². The van der Waals surface area contributed by atoms with E-state index in [1.165, 1.54) is 42.5 Å². The fourth-order valence-electron chi connectivity index (χ4n) is 4.17. The minimum absolute atomic E-state index is 0.0821. The number of nitrogens with one attached hydrogen (secondary N) is 1. The Hall–Kier alpha value is -2.49. The van der Waals surface area contributed by atoms with E-state index in [0.29, 0.717) is 6.54 Å². The Labute approximate surface area is 167 Å². The number of carbonyl (C=O) groups is 1. The second-order valence-electron chi connectivity index (χ2n) is 7.98. The molecule has 148 valence electrons. The number of aryl methyl sites for hydroxylation is 2. The van der Waals surface area contributed by atoms with Crippen LogP contribution in [0, 0.1) is 0 Å². The lowest BCUT2D eigenvalue weighted by Gasteiger charge is -2.19. The molecule has 28 heavy (non-hydrogen) atoms. The van der Waals surface area contributed by atoms with Gasteiger partial charge in [0.25, 0.3) is 5.91 Å². The van der Waals surface area contributed by atoms with Crippen molar-refractivity contribution in [3.63, 3.8) is 0 Å². The van der Waals surface area contributed by atoms with E-state index >= 15 is 0 Å². The van der Waals surface area contributed by atoms with Gasteiger partial charge in [-0.1, -0.05) is 18.2 Å². The van der Waals surface area contributed by atoms with Crippen LogP contribution in [0.3, 0.4) is 0 Å². The normalized spacial score (nSPS) is 17.1. The monoisotopic (exact) mass is 378 g/mol. The molecule has 0 spiro atoms. The average Bonchev–Trinajstić information content (AvgIpc) is 3.27. The molecule has 0 bridgehead atoms. The van der Waals surface area contributed by atoms with Crippen LogP contribution >= 0.6 is 0 Å². The molecule has 1 amide bonds. The lowest BCUT2D eigenvalue weighted by atomic mass is 9.92. The molecule has 1 heterocycles. The molecule has 2 aromatic rings. The first-order chi connectivity index (χ1) is 13.7. The van der Waals surface area contributed by atoms with Crippen LogP contribution in [0.4, 0.5) is 5.69 Å². The zero-order chi connectivity index (χ0) is 19.3. The Bertz CT molecular complexity index is 810. The maximum Gasteiger partial charge on any atom is 0.261 e. The number of nitrogens with zero attached hydrogens (tertiary/aromatic N) is 1. The summed E-state index contributed by atoms with van der Waals surface area (Å²) in [5.74, 6) is 0.708. The summed E-state index contributed by atoms with van der Waals surface area (Å²) in [6.45, 7) is 4.63. The number of anilines is 1. The number of amides is 1. The van der Waals surface area contributed by atoms with Crippen LogP contribution in [-0.2, 0) is 24.2 Å². The van der Waals surface area contributed by atoms with Crippen molar-refractivity contribution in [1.82, 2.24) is 5.32 Å². The number of carbonyl (C=O) groups excluding carboxylic acids is 1. The van der Waals surface area contributed by atoms with Crippen molar-refractivity contribution in [2.45, 2.75) is 58.1 Å². The Morgan fingerprint density at radius 1 is 1.00 bits per heavy atom. The molecular weight excluding hydrogens is 348 g/mol. The molecule has 1 N–H and O–H groups in total. The highest BCUT2D eigenvalue weighted by Crippen LogP contribution is 2.26. The first kappa shape index (κ1) is 18.9. The van der Waals surface area contributed by atoms with Crippen LogP contribution in [0.1, 0.15) is 49.3 Å². The Kier molecular flexibility index (Phi) is 5.84. The van der Waals surface area contributed by atoms with Gasteiger partial charge < -0.3 is 15.0 Å². The van der Waals surface area contributed by atoms with Crippen LogP contribution in [0.15, 0.2) is 42.5 Å². The average molecular weight is 379 g/mol. The molecule has 1 fully saturated rings. The molecule has 1 aliphatic heterocycles. The molecule has 0 aromatic heterocycles. The maximum absolute atomic E-state index is 12.4. The van der Waals surface area contributed by atoms with E-state index in [1.807, 2.05) is 13.0 Å². The molecule has 0 unspecified atom stereocenters. The molecule has 4 rings (SSSR count). The van der Waals surface area contributed by atoms with Gasteiger partial charge >= 0.3 is 0 Å². The van der Waals surface area contributed by atoms with Gasteiger partial charge in [0.05, 0.1) is 0 Å². The van der Waals surface area contributed by atoms with Crippen molar-refractivity contribution in [3.05, 3.63) is 59.2 Å². The molecule has 2 aromatic carbocycles. The third-order valence-corrected chi connectivity index (χ3v) is 5.88. The second kappa shape index (κ2) is 8.68. The predicted molar refractivity (Wildman–Crippen MR) is 113 cm³/mol. The van der Waals surface area contributed by atoms with Gasteiger partial charge in [0, 0.05) is 25.3 Å². The smallest absolute Gasteiger partial charge is 0.261 e. The van der Waals surface area contributed by atoms with Crippen molar-refractivity contribution in [1.29, 1.82) is 0 Å². The van der Waals surface area contributed by atoms with E-state index in [-0.39, 0.29) is 5.91 Å². The van der Waals surface area contributed by atoms with Gasteiger partial charge in [0.15, 0.2) is 6.10 Å². The standard InChI is InChI=1S/C24H30N2O2/c1-18(28-23-13-10-20-6-2-3-7-21(20)16-23)24(27)25-17-19-8-11-22(12-9-19)26-14-4-5-15-26/h8-13,16,18H,2-7,14-15,17H2,1H3,(H,25,27)/t18-/m0/s1. The van der Waals surface area contributed by atoms with Crippen molar-refractivity contribution in [2.24, 2.45) is 0 Å². The first-order valence-electron chi connectivity index (χ1n) is 10.6. The van der Waals surface area contributed by atoms with Gasteiger partial charge in [-0.25, -0.2) is 0 Å². The van der Waals surface area contributed by atoms with E-state index in [2.05, 4.69) is 46.6 Å². The quantitative estimate of drug-likeness (QED) is 0.817. The van der Waals surface area contributed by atoms with Gasteiger partial charge in [0.1, 0.15) is 5.75 Å². The molecule has 1 aliphatic carbocycles. The van der Waals surface area contributed by atoms with Gasteiger partial charge in [-0.15, -0.1) is 0 Å². The van der Waals surface area contributed by atoms with Crippen molar-refractivity contribution in [3.8, 4) is 5.75 Å². The molecular formula is C24H30N2O2. The van der Waals surface area contributed by atoms with E-state index in [0.717, 1.165) is 37.2 Å². The fraction of sp³-hybridized carbons (Fsp3) is 0.458. The second-order valence-corrected chi connectivity index (χ2v) is 7.98. The molecule has 4 heteroatoms. The first-order valence-corrected chi connectivity index (χ1v) is 10.6. The van der Waals surface area contributed by atoms with Crippen LogP contribution < -0.4 is 15.0 Å². The summed E-state index contributed by atoms with van der Waals surface area (Å²) in [6.07, 6.45) is 6.82. The van der Waals surface area contributed by atoms with Crippen LogP contribution in [0.25, 0.3) is 0 Å². The number of rotatable bonds is 6. The van der Waals surface area contributed by atoms with Crippen molar-refractivity contribution in [2.75, 3.05) is 18.0 Å². The summed E-state index contributed by atoms with van der Waals surface area (Å²) in [4.78, 5) is 14.9. The van der Waals surface area contributed by atoms with E-state index in [4.69, 9.17) is 4.74 Å². The zero-order valence-corrected chi connectivity index (χ0v) is 16.7. The molecule has 1 saturated heterocycles.